The van der Waals surface area contributed by atoms with E-state index < -0.39 is 5.97 Å². The highest BCUT2D eigenvalue weighted by atomic mass is 35.5. The first-order valence-corrected chi connectivity index (χ1v) is 11.2. The van der Waals surface area contributed by atoms with Crippen molar-refractivity contribution in [1.29, 1.82) is 0 Å². The number of halogens is 2. The van der Waals surface area contributed by atoms with E-state index in [1.807, 2.05) is 15.9 Å². The summed E-state index contributed by atoms with van der Waals surface area (Å²) in [5.41, 5.74) is 0.823. The van der Waals surface area contributed by atoms with Gasteiger partial charge in [0.2, 0.25) is 5.91 Å². The molecule has 9 heteroatoms. The maximum atomic E-state index is 13.4. The van der Waals surface area contributed by atoms with Crippen molar-refractivity contribution in [3.8, 4) is 0 Å². The van der Waals surface area contributed by atoms with E-state index in [0.29, 0.717) is 36.3 Å². The Morgan fingerprint density at radius 2 is 1.77 bits per heavy atom. The Labute approximate surface area is 186 Å². The Morgan fingerprint density at radius 1 is 1.03 bits per heavy atom. The molecule has 1 N–H and O–H groups in total. The molecule has 0 saturated carbocycles. The molecule has 164 valence electrons. The normalized spacial score (nSPS) is 27.8. The second-order valence-corrected chi connectivity index (χ2v) is 9.10. The molecule has 3 aliphatic rings. The summed E-state index contributed by atoms with van der Waals surface area (Å²) < 4.78 is 5.90. The largest absolute Gasteiger partial charge is 0.480 e. The zero-order valence-electron chi connectivity index (χ0n) is 16.8. The van der Waals surface area contributed by atoms with Crippen LogP contribution in [0.5, 0.6) is 0 Å². The molecule has 3 fully saturated rings. The molecule has 7 nitrogen and oxygen atoms in total. The van der Waals surface area contributed by atoms with Gasteiger partial charge in [0.15, 0.2) is 0 Å². The molecule has 0 aliphatic carbocycles. The Bertz CT molecular complexity index is 802. The standard InChI is InChI=1S/C21H27Cl2N3O4/c22-15-4-3-14(9-16(15)23)10-19(27)26-8-7-25(11-20(28)29)18-13-30-12-17(21(18)26)24-5-1-2-6-24/h3-4,9,17-18,21H,1-2,5-8,10-13H2,(H,28,29)/t17-,18+,21+/m0/s1. The summed E-state index contributed by atoms with van der Waals surface area (Å²) >= 11 is 12.1. The molecule has 0 unspecified atom stereocenters. The maximum absolute atomic E-state index is 13.4. The summed E-state index contributed by atoms with van der Waals surface area (Å²) in [6.07, 6.45) is 2.53. The molecule has 3 aliphatic heterocycles. The molecule has 0 bridgehead atoms. The van der Waals surface area contributed by atoms with Crippen LogP contribution >= 0.6 is 23.2 Å². The lowest BCUT2D eigenvalue weighted by Crippen LogP contribution is -2.72. The zero-order valence-corrected chi connectivity index (χ0v) is 18.3. The van der Waals surface area contributed by atoms with E-state index in [0.717, 1.165) is 31.5 Å². The predicted molar refractivity (Wildman–Crippen MR) is 114 cm³/mol. The number of aliphatic carboxylic acids is 1. The number of carboxylic acids is 1. The van der Waals surface area contributed by atoms with E-state index in [-0.39, 0.29) is 37.0 Å². The van der Waals surface area contributed by atoms with Crippen LogP contribution < -0.4 is 0 Å². The molecule has 1 aromatic rings. The zero-order chi connectivity index (χ0) is 21.3. The lowest BCUT2D eigenvalue weighted by molar-refractivity contribution is -0.156. The number of benzene rings is 1. The minimum atomic E-state index is -0.854. The van der Waals surface area contributed by atoms with Gasteiger partial charge in [0, 0.05) is 13.1 Å². The number of carbonyl (C=O) groups is 2. The number of piperazine rings is 1. The van der Waals surface area contributed by atoms with Gasteiger partial charge in [-0.15, -0.1) is 0 Å². The number of ether oxygens (including phenoxy) is 1. The molecule has 3 saturated heterocycles. The Balaban J connectivity index is 1.57. The van der Waals surface area contributed by atoms with Crippen LogP contribution in [0.2, 0.25) is 10.0 Å². The number of carbonyl (C=O) groups excluding carboxylic acids is 1. The molecule has 0 aromatic heterocycles. The van der Waals surface area contributed by atoms with Crippen LogP contribution in [-0.2, 0) is 20.7 Å². The molecule has 30 heavy (non-hydrogen) atoms. The van der Waals surface area contributed by atoms with Crippen LogP contribution in [0.4, 0.5) is 0 Å². The number of rotatable bonds is 5. The molecule has 3 atom stereocenters. The van der Waals surface area contributed by atoms with E-state index >= 15 is 0 Å². The predicted octanol–water partition coefficient (Wildman–Crippen LogP) is 2.00. The number of hydrogen-bond donors (Lipinski definition) is 1. The van der Waals surface area contributed by atoms with Crippen molar-refractivity contribution < 1.29 is 19.4 Å². The first kappa shape index (κ1) is 21.8. The SMILES string of the molecule is O=C(O)CN1CCN(C(=O)Cc2ccc(Cl)c(Cl)c2)[C@H]2[C@H]1COC[C@@H]2N1CCCC1. The van der Waals surface area contributed by atoms with Crippen LogP contribution in [0.1, 0.15) is 18.4 Å². The van der Waals surface area contributed by atoms with Gasteiger partial charge in [-0.3, -0.25) is 19.4 Å². The van der Waals surface area contributed by atoms with Gasteiger partial charge in [-0.1, -0.05) is 29.3 Å². The monoisotopic (exact) mass is 455 g/mol. The van der Waals surface area contributed by atoms with Crippen molar-refractivity contribution in [2.75, 3.05) is 45.9 Å². The van der Waals surface area contributed by atoms with Crippen LogP contribution in [0.15, 0.2) is 18.2 Å². The van der Waals surface area contributed by atoms with Gasteiger partial charge in [0.25, 0.3) is 0 Å². The van der Waals surface area contributed by atoms with Crippen LogP contribution in [-0.4, -0.2) is 95.7 Å². The van der Waals surface area contributed by atoms with E-state index in [4.69, 9.17) is 27.9 Å². The fourth-order valence-corrected chi connectivity index (χ4v) is 5.35. The summed E-state index contributed by atoms with van der Waals surface area (Å²) in [6, 6.07) is 5.16. The summed E-state index contributed by atoms with van der Waals surface area (Å²) in [7, 11) is 0. The Morgan fingerprint density at radius 3 is 2.47 bits per heavy atom. The fourth-order valence-electron chi connectivity index (χ4n) is 5.03. The number of fused-ring (bicyclic) bond motifs is 1. The lowest BCUT2D eigenvalue weighted by atomic mass is 9.91. The molecule has 0 spiro atoms. The van der Waals surface area contributed by atoms with Gasteiger partial charge in [0.05, 0.1) is 54.4 Å². The highest BCUT2D eigenvalue weighted by Crippen LogP contribution is 2.30. The van der Waals surface area contributed by atoms with Crippen molar-refractivity contribution in [1.82, 2.24) is 14.7 Å². The first-order valence-electron chi connectivity index (χ1n) is 10.4. The Hall–Kier alpha value is -1.38. The summed E-state index contributed by atoms with van der Waals surface area (Å²) in [6.45, 7) is 4.00. The van der Waals surface area contributed by atoms with E-state index in [9.17, 15) is 14.7 Å². The van der Waals surface area contributed by atoms with Crippen molar-refractivity contribution in [3.05, 3.63) is 33.8 Å². The van der Waals surface area contributed by atoms with Crippen molar-refractivity contribution in [2.24, 2.45) is 0 Å². The van der Waals surface area contributed by atoms with Gasteiger partial charge in [-0.25, -0.2) is 0 Å². The molecule has 4 rings (SSSR count). The Kier molecular flexibility index (Phi) is 6.85. The van der Waals surface area contributed by atoms with Crippen molar-refractivity contribution in [3.63, 3.8) is 0 Å². The second-order valence-electron chi connectivity index (χ2n) is 8.28. The van der Waals surface area contributed by atoms with E-state index in [1.54, 1.807) is 12.1 Å². The third-order valence-electron chi connectivity index (χ3n) is 6.43. The third kappa shape index (κ3) is 4.60. The van der Waals surface area contributed by atoms with E-state index in [2.05, 4.69) is 4.90 Å². The van der Waals surface area contributed by atoms with Crippen LogP contribution in [0, 0.1) is 0 Å². The van der Waals surface area contributed by atoms with E-state index in [1.165, 1.54) is 0 Å². The summed E-state index contributed by atoms with van der Waals surface area (Å²) in [4.78, 5) is 31.1. The van der Waals surface area contributed by atoms with Gasteiger partial charge in [-0.2, -0.15) is 0 Å². The molecular weight excluding hydrogens is 429 g/mol. The molecule has 1 aromatic carbocycles. The van der Waals surface area contributed by atoms with Gasteiger partial charge >= 0.3 is 5.97 Å². The molecule has 3 heterocycles. The average molecular weight is 456 g/mol. The number of likely N-dealkylation sites (tertiary alicyclic amines) is 1. The fraction of sp³-hybridized carbons (Fsp3) is 0.619. The quantitative estimate of drug-likeness (QED) is 0.731. The molecule has 0 radical (unpaired) electrons. The lowest BCUT2D eigenvalue weighted by Gasteiger charge is -2.54. The third-order valence-corrected chi connectivity index (χ3v) is 7.17. The number of amides is 1. The second kappa shape index (κ2) is 9.40. The average Bonchev–Trinajstić information content (AvgIpc) is 3.25. The topological polar surface area (TPSA) is 73.3 Å². The minimum Gasteiger partial charge on any atom is -0.480 e. The van der Waals surface area contributed by atoms with Crippen LogP contribution in [0.3, 0.4) is 0 Å². The highest BCUT2D eigenvalue weighted by Gasteiger charge is 2.48. The van der Waals surface area contributed by atoms with Crippen molar-refractivity contribution in [2.45, 2.75) is 37.4 Å². The number of hydrogen-bond acceptors (Lipinski definition) is 5. The molecular formula is C21H27Cl2N3O4. The maximum Gasteiger partial charge on any atom is 0.317 e. The minimum absolute atomic E-state index is 0.0319. The van der Waals surface area contributed by atoms with Crippen LogP contribution in [0.25, 0.3) is 0 Å². The van der Waals surface area contributed by atoms with Gasteiger partial charge < -0.3 is 14.7 Å². The van der Waals surface area contributed by atoms with Gasteiger partial charge in [0.1, 0.15) is 0 Å². The molecule has 1 amide bonds. The first-order chi connectivity index (χ1) is 14.4. The smallest absolute Gasteiger partial charge is 0.317 e. The number of carboxylic acid groups (broad SMARTS) is 1. The summed E-state index contributed by atoms with van der Waals surface area (Å²) in [5, 5.41) is 10.3. The highest BCUT2D eigenvalue weighted by molar-refractivity contribution is 6.42. The number of nitrogens with zero attached hydrogens (tertiary/aromatic N) is 3. The van der Waals surface area contributed by atoms with Gasteiger partial charge in [-0.05, 0) is 43.6 Å². The summed E-state index contributed by atoms with van der Waals surface area (Å²) in [5.74, 6) is -0.822. The van der Waals surface area contributed by atoms with Crippen molar-refractivity contribution >= 4 is 35.1 Å².